The molecule has 0 aliphatic heterocycles. The Hall–Kier alpha value is -1.87. The molecule has 0 saturated carbocycles. The molecule has 0 fully saturated rings. The zero-order chi connectivity index (χ0) is 14.0. The lowest BCUT2D eigenvalue weighted by atomic mass is 10.0. The molecule has 3 heteroatoms. The SMILES string of the molecule is Cc1cc(C)c(Nc2ccc(F)cc2CN)c(C)c1. The molecule has 0 amide bonds. The molecule has 0 radical (unpaired) electrons. The van der Waals surface area contributed by atoms with Crippen molar-refractivity contribution in [3.8, 4) is 0 Å². The summed E-state index contributed by atoms with van der Waals surface area (Å²) in [6, 6.07) is 8.90. The highest BCUT2D eigenvalue weighted by atomic mass is 19.1. The van der Waals surface area contributed by atoms with E-state index in [0.717, 1.165) is 16.9 Å². The van der Waals surface area contributed by atoms with Crippen molar-refractivity contribution in [1.82, 2.24) is 0 Å². The van der Waals surface area contributed by atoms with Crippen LogP contribution >= 0.6 is 0 Å². The fourth-order valence-electron chi connectivity index (χ4n) is 2.36. The topological polar surface area (TPSA) is 38.0 Å². The van der Waals surface area contributed by atoms with Gasteiger partial charge < -0.3 is 11.1 Å². The fourth-order valence-corrected chi connectivity index (χ4v) is 2.36. The van der Waals surface area contributed by atoms with Crippen molar-refractivity contribution in [3.63, 3.8) is 0 Å². The second-order valence-corrected chi connectivity index (χ2v) is 4.90. The molecule has 3 N–H and O–H groups in total. The molecule has 0 aliphatic carbocycles. The van der Waals surface area contributed by atoms with Gasteiger partial charge in [-0.25, -0.2) is 4.39 Å². The van der Waals surface area contributed by atoms with Crippen LogP contribution in [0, 0.1) is 26.6 Å². The molecule has 19 heavy (non-hydrogen) atoms. The number of nitrogens with two attached hydrogens (primary N) is 1. The van der Waals surface area contributed by atoms with Gasteiger partial charge in [0.2, 0.25) is 0 Å². The van der Waals surface area contributed by atoms with E-state index >= 15 is 0 Å². The van der Waals surface area contributed by atoms with Gasteiger partial charge in [0, 0.05) is 17.9 Å². The molecule has 0 saturated heterocycles. The minimum absolute atomic E-state index is 0.261. The maximum atomic E-state index is 13.2. The first-order valence-corrected chi connectivity index (χ1v) is 6.34. The number of aryl methyl sites for hydroxylation is 3. The maximum Gasteiger partial charge on any atom is 0.123 e. The molecule has 0 bridgehead atoms. The second-order valence-electron chi connectivity index (χ2n) is 4.90. The lowest BCUT2D eigenvalue weighted by Crippen LogP contribution is -2.04. The van der Waals surface area contributed by atoms with Gasteiger partial charge in [0.25, 0.3) is 0 Å². The van der Waals surface area contributed by atoms with E-state index in [1.807, 2.05) is 0 Å². The fraction of sp³-hybridized carbons (Fsp3) is 0.250. The molecule has 100 valence electrons. The van der Waals surface area contributed by atoms with Gasteiger partial charge in [-0.3, -0.25) is 0 Å². The Kier molecular flexibility index (Phi) is 3.86. The Bertz CT molecular complexity index is 583. The van der Waals surface area contributed by atoms with E-state index in [2.05, 4.69) is 38.2 Å². The summed E-state index contributed by atoms with van der Waals surface area (Å²) in [4.78, 5) is 0. The highest BCUT2D eigenvalue weighted by molar-refractivity contribution is 5.69. The molecule has 2 aromatic carbocycles. The lowest BCUT2D eigenvalue weighted by molar-refractivity contribution is 0.626. The Balaban J connectivity index is 2.42. The van der Waals surface area contributed by atoms with Crippen molar-refractivity contribution >= 4 is 11.4 Å². The van der Waals surface area contributed by atoms with Crippen molar-refractivity contribution in [2.45, 2.75) is 27.3 Å². The van der Waals surface area contributed by atoms with Gasteiger partial charge in [0.05, 0.1) is 0 Å². The summed E-state index contributed by atoms with van der Waals surface area (Å²) in [5, 5.41) is 3.37. The highest BCUT2D eigenvalue weighted by Gasteiger charge is 2.07. The third-order valence-electron chi connectivity index (χ3n) is 3.22. The van der Waals surface area contributed by atoms with E-state index in [0.29, 0.717) is 6.54 Å². The van der Waals surface area contributed by atoms with Crippen LogP contribution in [0.5, 0.6) is 0 Å². The predicted molar refractivity (Wildman–Crippen MR) is 78.2 cm³/mol. The third-order valence-corrected chi connectivity index (χ3v) is 3.22. The van der Waals surface area contributed by atoms with E-state index < -0.39 is 0 Å². The number of benzene rings is 2. The van der Waals surface area contributed by atoms with Crippen molar-refractivity contribution in [1.29, 1.82) is 0 Å². The second kappa shape index (κ2) is 5.41. The number of nitrogens with one attached hydrogen (secondary N) is 1. The van der Waals surface area contributed by atoms with E-state index in [1.54, 1.807) is 6.07 Å². The number of hydrogen-bond acceptors (Lipinski definition) is 2. The zero-order valence-corrected chi connectivity index (χ0v) is 11.5. The Morgan fingerprint density at radius 2 is 1.68 bits per heavy atom. The minimum Gasteiger partial charge on any atom is -0.355 e. The van der Waals surface area contributed by atoms with Gasteiger partial charge in [0.1, 0.15) is 5.82 Å². The van der Waals surface area contributed by atoms with Gasteiger partial charge in [-0.05, 0) is 55.7 Å². The standard InChI is InChI=1S/C16H19FN2/c1-10-6-11(2)16(12(3)7-10)19-15-5-4-14(17)8-13(15)9-18/h4-8,19H,9,18H2,1-3H3. The van der Waals surface area contributed by atoms with Crippen LogP contribution in [-0.4, -0.2) is 0 Å². The van der Waals surface area contributed by atoms with Crippen LogP contribution in [0.15, 0.2) is 30.3 Å². The average molecular weight is 258 g/mol. The first kappa shape index (κ1) is 13.6. The molecule has 2 nitrogen and oxygen atoms in total. The van der Waals surface area contributed by atoms with Gasteiger partial charge in [-0.15, -0.1) is 0 Å². The van der Waals surface area contributed by atoms with E-state index in [4.69, 9.17) is 5.73 Å². The molecule has 2 rings (SSSR count). The van der Waals surface area contributed by atoms with Gasteiger partial charge in [-0.1, -0.05) is 17.7 Å². The third kappa shape index (κ3) is 2.93. The molecule has 2 aromatic rings. The van der Waals surface area contributed by atoms with E-state index in [-0.39, 0.29) is 5.82 Å². The zero-order valence-electron chi connectivity index (χ0n) is 11.5. The molecule has 0 heterocycles. The number of anilines is 2. The molecule has 0 aromatic heterocycles. The minimum atomic E-state index is -0.261. The van der Waals surface area contributed by atoms with Crippen LogP contribution < -0.4 is 11.1 Å². The molecule has 0 aliphatic rings. The van der Waals surface area contributed by atoms with Crippen LogP contribution in [0.2, 0.25) is 0 Å². The van der Waals surface area contributed by atoms with Crippen LogP contribution in [0.25, 0.3) is 0 Å². The first-order valence-electron chi connectivity index (χ1n) is 6.34. The lowest BCUT2D eigenvalue weighted by Gasteiger charge is -2.16. The van der Waals surface area contributed by atoms with Gasteiger partial charge in [-0.2, -0.15) is 0 Å². The van der Waals surface area contributed by atoms with Gasteiger partial charge >= 0.3 is 0 Å². The van der Waals surface area contributed by atoms with E-state index in [9.17, 15) is 4.39 Å². The quantitative estimate of drug-likeness (QED) is 0.874. The Morgan fingerprint density at radius 1 is 1.05 bits per heavy atom. The summed E-state index contributed by atoms with van der Waals surface area (Å²) in [7, 11) is 0. The number of hydrogen-bond donors (Lipinski definition) is 2. The van der Waals surface area contributed by atoms with E-state index in [1.165, 1.54) is 28.8 Å². The number of halogens is 1. The first-order chi connectivity index (χ1) is 9.01. The largest absolute Gasteiger partial charge is 0.355 e. The van der Waals surface area contributed by atoms with Crippen LogP contribution in [-0.2, 0) is 6.54 Å². The number of rotatable bonds is 3. The van der Waals surface area contributed by atoms with Crippen molar-refractivity contribution in [2.24, 2.45) is 5.73 Å². The summed E-state index contributed by atoms with van der Waals surface area (Å²) in [6.45, 7) is 6.51. The molecule has 0 atom stereocenters. The summed E-state index contributed by atoms with van der Waals surface area (Å²) in [5.74, 6) is -0.261. The highest BCUT2D eigenvalue weighted by Crippen LogP contribution is 2.28. The summed E-state index contributed by atoms with van der Waals surface area (Å²) >= 11 is 0. The normalized spacial score (nSPS) is 10.6. The molecule has 0 spiro atoms. The van der Waals surface area contributed by atoms with Crippen molar-refractivity contribution in [3.05, 3.63) is 58.4 Å². The summed E-state index contributed by atoms with van der Waals surface area (Å²) < 4.78 is 13.2. The molecular formula is C16H19FN2. The van der Waals surface area contributed by atoms with Crippen LogP contribution in [0.1, 0.15) is 22.3 Å². The Morgan fingerprint density at radius 3 is 2.26 bits per heavy atom. The molecule has 0 unspecified atom stereocenters. The van der Waals surface area contributed by atoms with Crippen molar-refractivity contribution in [2.75, 3.05) is 5.32 Å². The Labute approximate surface area is 113 Å². The van der Waals surface area contributed by atoms with Crippen LogP contribution in [0.4, 0.5) is 15.8 Å². The van der Waals surface area contributed by atoms with Gasteiger partial charge in [0.15, 0.2) is 0 Å². The summed E-state index contributed by atoms with van der Waals surface area (Å²) in [5.41, 5.74) is 11.9. The van der Waals surface area contributed by atoms with Crippen LogP contribution in [0.3, 0.4) is 0 Å². The summed E-state index contributed by atoms with van der Waals surface area (Å²) in [6.07, 6.45) is 0. The van der Waals surface area contributed by atoms with Crippen molar-refractivity contribution < 1.29 is 4.39 Å². The predicted octanol–water partition coefficient (Wildman–Crippen LogP) is 3.95. The molecular weight excluding hydrogens is 239 g/mol. The monoisotopic (exact) mass is 258 g/mol. The smallest absolute Gasteiger partial charge is 0.123 e. The average Bonchev–Trinajstić information content (AvgIpc) is 2.35. The maximum absolute atomic E-state index is 13.2.